The standard InChI is InChI=1S/C20H23N5O5/c21-17-11(4-5-12-8-23-18-14(12)9-22-10-24-18)2-1-3-13(17)19(28)25-15(20(29)30)6-7-16(26)27/h1-3,8-9,15,22H,4-7,10,21H2,(H,23,24)(H,25,28)(H,26,27)(H,29,30)/t15-/m0/s1. The Bertz CT molecular complexity index is 966. The molecule has 7 N–H and O–H groups in total. The fourth-order valence-electron chi connectivity index (χ4n) is 3.28. The van der Waals surface area contributed by atoms with Crippen molar-refractivity contribution < 1.29 is 24.6 Å². The van der Waals surface area contributed by atoms with Gasteiger partial charge < -0.3 is 31.9 Å². The molecule has 0 bridgehead atoms. The molecule has 0 fully saturated rings. The Morgan fingerprint density at radius 2 is 2.03 bits per heavy atom. The molecule has 2 aliphatic rings. The first-order chi connectivity index (χ1) is 14.4. The van der Waals surface area contributed by atoms with Crippen LogP contribution < -0.4 is 21.7 Å². The number of benzene rings is 1. The lowest BCUT2D eigenvalue weighted by Crippen LogP contribution is -2.41. The number of fused-ring (bicyclic) bond motifs is 1. The van der Waals surface area contributed by atoms with Crippen LogP contribution in [0, 0.1) is 0 Å². The van der Waals surface area contributed by atoms with Gasteiger partial charge in [-0.3, -0.25) is 9.59 Å². The first kappa shape index (κ1) is 20.9. The van der Waals surface area contributed by atoms with Crippen molar-refractivity contribution in [2.75, 3.05) is 12.4 Å². The zero-order chi connectivity index (χ0) is 21.7. The maximum atomic E-state index is 12.6. The summed E-state index contributed by atoms with van der Waals surface area (Å²) in [6.45, 7) is 0.622. The molecule has 0 saturated carbocycles. The fraction of sp³-hybridized carbons (Fsp3) is 0.300. The molecule has 1 atom stereocenters. The second kappa shape index (κ2) is 9.12. The van der Waals surface area contributed by atoms with E-state index in [4.69, 9.17) is 10.8 Å². The van der Waals surface area contributed by atoms with Crippen molar-refractivity contribution in [2.45, 2.75) is 31.7 Å². The SMILES string of the molecule is Nc1c(CCC2=CN=C3NCNC=C23)cccc1C(=O)N[C@@H](CCC(=O)O)C(=O)O. The van der Waals surface area contributed by atoms with Gasteiger partial charge in [0.05, 0.1) is 12.2 Å². The second-order valence-corrected chi connectivity index (χ2v) is 6.92. The van der Waals surface area contributed by atoms with E-state index in [-0.39, 0.29) is 24.1 Å². The van der Waals surface area contributed by atoms with Gasteiger partial charge in [-0.15, -0.1) is 0 Å². The Morgan fingerprint density at radius 1 is 1.23 bits per heavy atom. The van der Waals surface area contributed by atoms with Crippen molar-refractivity contribution in [3.8, 4) is 0 Å². The minimum absolute atomic E-state index is 0.159. The minimum Gasteiger partial charge on any atom is -0.481 e. The zero-order valence-electron chi connectivity index (χ0n) is 16.1. The summed E-state index contributed by atoms with van der Waals surface area (Å²) < 4.78 is 0. The van der Waals surface area contributed by atoms with E-state index in [2.05, 4.69) is 20.9 Å². The summed E-state index contributed by atoms with van der Waals surface area (Å²) in [6.07, 6.45) is 4.35. The number of amides is 1. The maximum absolute atomic E-state index is 12.6. The summed E-state index contributed by atoms with van der Waals surface area (Å²) in [6, 6.07) is 3.70. The Labute approximate surface area is 172 Å². The third-order valence-corrected chi connectivity index (χ3v) is 4.91. The van der Waals surface area contributed by atoms with Gasteiger partial charge in [0.25, 0.3) is 5.91 Å². The number of carbonyl (C=O) groups is 3. The molecule has 0 aromatic heterocycles. The molecule has 1 aromatic carbocycles. The molecule has 10 nitrogen and oxygen atoms in total. The van der Waals surface area contributed by atoms with Gasteiger partial charge in [0.1, 0.15) is 11.9 Å². The van der Waals surface area contributed by atoms with Crippen molar-refractivity contribution in [1.82, 2.24) is 16.0 Å². The smallest absolute Gasteiger partial charge is 0.326 e. The lowest BCUT2D eigenvalue weighted by atomic mass is 9.97. The Morgan fingerprint density at radius 3 is 2.77 bits per heavy atom. The zero-order valence-corrected chi connectivity index (χ0v) is 16.1. The van der Waals surface area contributed by atoms with Crippen LogP contribution in [0.5, 0.6) is 0 Å². The van der Waals surface area contributed by atoms with Crippen molar-refractivity contribution in [1.29, 1.82) is 0 Å². The van der Waals surface area contributed by atoms with Gasteiger partial charge in [-0.2, -0.15) is 0 Å². The highest BCUT2D eigenvalue weighted by molar-refractivity contribution is 6.05. The molecule has 0 aliphatic carbocycles. The number of para-hydroxylation sites is 1. The van der Waals surface area contributed by atoms with Crippen molar-refractivity contribution in [3.63, 3.8) is 0 Å². The normalized spacial score (nSPS) is 15.5. The molecule has 30 heavy (non-hydrogen) atoms. The number of amidine groups is 1. The van der Waals surface area contributed by atoms with Gasteiger partial charge in [-0.1, -0.05) is 12.1 Å². The summed E-state index contributed by atoms with van der Waals surface area (Å²) in [7, 11) is 0. The summed E-state index contributed by atoms with van der Waals surface area (Å²) in [4.78, 5) is 38.9. The van der Waals surface area contributed by atoms with E-state index < -0.39 is 23.9 Å². The molecule has 1 amide bonds. The average Bonchev–Trinajstić information content (AvgIpc) is 3.13. The van der Waals surface area contributed by atoms with Crippen LogP contribution in [0.15, 0.2) is 46.7 Å². The number of aliphatic imine (C=N–C) groups is 1. The fourth-order valence-corrected chi connectivity index (χ4v) is 3.28. The summed E-state index contributed by atoms with van der Waals surface area (Å²) >= 11 is 0. The van der Waals surface area contributed by atoms with E-state index in [1.165, 1.54) is 6.07 Å². The van der Waals surface area contributed by atoms with Crippen LogP contribution in [-0.2, 0) is 16.0 Å². The molecule has 1 aromatic rings. The van der Waals surface area contributed by atoms with Crippen LogP contribution in [0.4, 0.5) is 5.69 Å². The molecule has 2 heterocycles. The number of hydrogen-bond acceptors (Lipinski definition) is 7. The van der Waals surface area contributed by atoms with Crippen LogP contribution in [0.3, 0.4) is 0 Å². The van der Waals surface area contributed by atoms with Crippen LogP contribution in [-0.4, -0.2) is 46.6 Å². The molecular formula is C20H23N5O5. The number of nitrogens with zero attached hydrogens (tertiary/aromatic N) is 1. The van der Waals surface area contributed by atoms with Gasteiger partial charge in [0, 0.05) is 30.1 Å². The highest BCUT2D eigenvalue weighted by atomic mass is 16.4. The first-order valence-corrected chi connectivity index (χ1v) is 9.44. The highest BCUT2D eigenvalue weighted by Gasteiger charge is 2.24. The summed E-state index contributed by atoms with van der Waals surface area (Å²) in [5, 5.41) is 26.6. The monoisotopic (exact) mass is 413 g/mol. The van der Waals surface area contributed by atoms with Crippen molar-refractivity contribution in [2.24, 2.45) is 4.99 Å². The Hall–Kier alpha value is -3.82. The van der Waals surface area contributed by atoms with E-state index in [1.54, 1.807) is 12.3 Å². The molecule has 158 valence electrons. The van der Waals surface area contributed by atoms with Gasteiger partial charge in [-0.25, -0.2) is 9.79 Å². The van der Waals surface area contributed by atoms with Gasteiger partial charge >= 0.3 is 11.9 Å². The number of nitrogens with one attached hydrogen (secondary N) is 3. The predicted molar refractivity (Wildman–Crippen MR) is 110 cm³/mol. The number of nitrogens with two attached hydrogens (primary N) is 1. The molecule has 0 unspecified atom stereocenters. The molecule has 0 spiro atoms. The lowest BCUT2D eigenvalue weighted by Gasteiger charge is -2.18. The number of nitrogen functional groups attached to an aromatic ring is 1. The minimum atomic E-state index is -1.31. The van der Waals surface area contributed by atoms with Crippen LogP contribution >= 0.6 is 0 Å². The largest absolute Gasteiger partial charge is 0.481 e. The van der Waals surface area contributed by atoms with E-state index in [9.17, 15) is 19.5 Å². The van der Waals surface area contributed by atoms with Crippen LogP contribution in [0.1, 0.15) is 35.2 Å². The molecular weight excluding hydrogens is 390 g/mol. The van der Waals surface area contributed by atoms with Gasteiger partial charge in [-0.05, 0) is 36.5 Å². The van der Waals surface area contributed by atoms with E-state index in [1.807, 2.05) is 12.3 Å². The molecule has 10 heteroatoms. The number of aliphatic carboxylic acids is 2. The third kappa shape index (κ3) is 4.77. The quantitative estimate of drug-likeness (QED) is 0.320. The molecule has 0 saturated heterocycles. The molecule has 0 radical (unpaired) electrons. The van der Waals surface area contributed by atoms with Crippen molar-refractivity contribution >= 4 is 29.4 Å². The number of rotatable bonds is 9. The molecule has 3 rings (SSSR count). The number of carboxylic acid groups (broad SMARTS) is 2. The Balaban J connectivity index is 1.67. The van der Waals surface area contributed by atoms with E-state index >= 15 is 0 Å². The van der Waals surface area contributed by atoms with E-state index in [0.29, 0.717) is 19.5 Å². The Kier molecular flexibility index (Phi) is 6.35. The number of anilines is 1. The highest BCUT2D eigenvalue weighted by Crippen LogP contribution is 2.26. The number of carbonyl (C=O) groups excluding carboxylic acids is 1. The lowest BCUT2D eigenvalue weighted by molar-refractivity contribution is -0.140. The topological polar surface area (TPSA) is 166 Å². The first-order valence-electron chi connectivity index (χ1n) is 9.44. The molecule has 2 aliphatic heterocycles. The van der Waals surface area contributed by atoms with Gasteiger partial charge in [0.2, 0.25) is 0 Å². The van der Waals surface area contributed by atoms with Crippen LogP contribution in [0.2, 0.25) is 0 Å². The van der Waals surface area contributed by atoms with Crippen LogP contribution in [0.25, 0.3) is 0 Å². The number of aryl methyl sites for hydroxylation is 1. The maximum Gasteiger partial charge on any atom is 0.326 e. The summed E-state index contributed by atoms with van der Waals surface area (Å²) in [5.74, 6) is -2.26. The number of hydrogen-bond donors (Lipinski definition) is 6. The van der Waals surface area contributed by atoms with E-state index in [0.717, 1.165) is 22.5 Å². The summed E-state index contributed by atoms with van der Waals surface area (Å²) in [5.41, 5.74) is 9.41. The number of carboxylic acids is 2. The average molecular weight is 413 g/mol. The predicted octanol–water partition coefficient (Wildman–Crippen LogP) is 0.579. The van der Waals surface area contributed by atoms with Gasteiger partial charge in [0.15, 0.2) is 0 Å². The third-order valence-electron chi connectivity index (χ3n) is 4.91. The van der Waals surface area contributed by atoms with Crippen molar-refractivity contribution in [3.05, 3.63) is 52.9 Å². The second-order valence-electron chi connectivity index (χ2n) is 6.92.